The molecule has 3 heteroatoms. The summed E-state index contributed by atoms with van der Waals surface area (Å²) in [4.78, 5) is 0. The van der Waals surface area contributed by atoms with Crippen LogP contribution in [0.2, 0.25) is 5.02 Å². The molecule has 0 saturated heterocycles. The standard InChI is InChI=1S/C13H18ClNS/c1-9(16-2)8-15-13-6-4-10-3-5-11(14)7-12(10)13/h3,5,7,9,13,15H,4,6,8H2,1-2H3. The summed E-state index contributed by atoms with van der Waals surface area (Å²) in [6, 6.07) is 6.78. The summed E-state index contributed by atoms with van der Waals surface area (Å²) in [6.45, 7) is 3.32. The van der Waals surface area contributed by atoms with Crippen LogP contribution in [0, 0.1) is 0 Å². The van der Waals surface area contributed by atoms with Crippen molar-refractivity contribution in [1.82, 2.24) is 5.32 Å². The summed E-state index contributed by atoms with van der Waals surface area (Å²) >= 11 is 7.95. The van der Waals surface area contributed by atoms with E-state index in [2.05, 4.69) is 30.6 Å². The van der Waals surface area contributed by atoms with Crippen LogP contribution in [0.25, 0.3) is 0 Å². The molecule has 1 nitrogen and oxygen atoms in total. The Kier molecular flexibility index (Phi) is 4.17. The Morgan fingerprint density at radius 1 is 1.56 bits per heavy atom. The number of benzene rings is 1. The molecule has 0 fully saturated rings. The predicted molar refractivity (Wildman–Crippen MR) is 73.5 cm³/mol. The Morgan fingerprint density at radius 2 is 2.38 bits per heavy atom. The van der Waals surface area contributed by atoms with Gasteiger partial charge in [0, 0.05) is 22.9 Å². The van der Waals surface area contributed by atoms with Gasteiger partial charge in [0.05, 0.1) is 0 Å². The third-order valence-corrected chi connectivity index (χ3v) is 4.45. The van der Waals surface area contributed by atoms with Crippen LogP contribution in [0.1, 0.15) is 30.5 Å². The van der Waals surface area contributed by atoms with E-state index < -0.39 is 0 Å². The van der Waals surface area contributed by atoms with Gasteiger partial charge in [0.2, 0.25) is 0 Å². The minimum Gasteiger partial charge on any atom is -0.309 e. The SMILES string of the molecule is CSC(C)CNC1CCc2ccc(Cl)cc21. The van der Waals surface area contributed by atoms with Gasteiger partial charge in [-0.2, -0.15) is 11.8 Å². The highest BCUT2D eigenvalue weighted by Gasteiger charge is 2.22. The third-order valence-electron chi connectivity index (χ3n) is 3.24. The van der Waals surface area contributed by atoms with Crippen molar-refractivity contribution in [2.24, 2.45) is 0 Å². The van der Waals surface area contributed by atoms with Crippen LogP contribution in [0.3, 0.4) is 0 Å². The Hall–Kier alpha value is -0.180. The summed E-state index contributed by atoms with van der Waals surface area (Å²) in [5.41, 5.74) is 2.86. The third kappa shape index (κ3) is 2.73. The topological polar surface area (TPSA) is 12.0 Å². The molecule has 1 aromatic carbocycles. The van der Waals surface area contributed by atoms with Gasteiger partial charge in [-0.25, -0.2) is 0 Å². The first-order chi connectivity index (χ1) is 7.70. The fourth-order valence-corrected chi connectivity index (χ4v) is 2.62. The molecule has 1 aromatic rings. The molecule has 0 aromatic heterocycles. The summed E-state index contributed by atoms with van der Waals surface area (Å²) in [6.07, 6.45) is 4.54. The number of halogens is 1. The molecule has 2 unspecified atom stereocenters. The number of rotatable bonds is 4. The average Bonchev–Trinajstić information content (AvgIpc) is 2.68. The highest BCUT2D eigenvalue weighted by Crippen LogP contribution is 2.33. The lowest BCUT2D eigenvalue weighted by atomic mass is 10.1. The molecule has 1 N–H and O–H groups in total. The zero-order valence-corrected chi connectivity index (χ0v) is 11.4. The minimum atomic E-state index is 0.503. The first-order valence-electron chi connectivity index (χ1n) is 5.75. The lowest BCUT2D eigenvalue weighted by Gasteiger charge is -2.17. The quantitative estimate of drug-likeness (QED) is 0.881. The van der Waals surface area contributed by atoms with Crippen LogP contribution in [0.4, 0.5) is 0 Å². The molecule has 0 saturated carbocycles. The molecule has 1 aliphatic carbocycles. The Labute approximate surface area is 107 Å². The molecule has 0 aliphatic heterocycles. The van der Waals surface area contributed by atoms with E-state index in [9.17, 15) is 0 Å². The zero-order chi connectivity index (χ0) is 11.5. The Morgan fingerprint density at radius 3 is 3.12 bits per heavy atom. The van der Waals surface area contributed by atoms with Gasteiger partial charge in [-0.05, 0) is 42.4 Å². The fourth-order valence-electron chi connectivity index (χ4n) is 2.18. The number of nitrogens with one attached hydrogen (secondary N) is 1. The van der Waals surface area contributed by atoms with Crippen LogP contribution in [-0.2, 0) is 6.42 Å². The molecule has 2 rings (SSSR count). The lowest BCUT2D eigenvalue weighted by molar-refractivity contribution is 0.533. The zero-order valence-electron chi connectivity index (χ0n) is 9.79. The van der Waals surface area contributed by atoms with E-state index in [1.54, 1.807) is 0 Å². The Balaban J connectivity index is 2.02. The first kappa shape index (κ1) is 12.3. The second-order valence-electron chi connectivity index (χ2n) is 4.39. The van der Waals surface area contributed by atoms with Crippen LogP contribution < -0.4 is 5.32 Å². The van der Waals surface area contributed by atoms with E-state index in [4.69, 9.17) is 11.6 Å². The maximum absolute atomic E-state index is 6.05. The van der Waals surface area contributed by atoms with Gasteiger partial charge < -0.3 is 5.32 Å². The maximum Gasteiger partial charge on any atom is 0.0409 e. The van der Waals surface area contributed by atoms with Gasteiger partial charge in [-0.15, -0.1) is 0 Å². The van der Waals surface area contributed by atoms with E-state index in [-0.39, 0.29) is 0 Å². The number of hydrogen-bond donors (Lipinski definition) is 1. The summed E-state index contributed by atoms with van der Waals surface area (Å²) in [5.74, 6) is 0. The summed E-state index contributed by atoms with van der Waals surface area (Å²) in [7, 11) is 0. The van der Waals surface area contributed by atoms with Crippen molar-refractivity contribution in [3.63, 3.8) is 0 Å². The predicted octanol–water partition coefficient (Wildman–Crippen LogP) is 3.67. The molecule has 16 heavy (non-hydrogen) atoms. The first-order valence-corrected chi connectivity index (χ1v) is 7.42. The van der Waals surface area contributed by atoms with E-state index >= 15 is 0 Å². The minimum absolute atomic E-state index is 0.503. The second kappa shape index (κ2) is 5.44. The van der Waals surface area contributed by atoms with Crippen molar-refractivity contribution >= 4 is 23.4 Å². The highest BCUT2D eigenvalue weighted by molar-refractivity contribution is 7.99. The molecular formula is C13H18ClNS. The van der Waals surface area contributed by atoms with Crippen LogP contribution in [-0.4, -0.2) is 18.1 Å². The largest absolute Gasteiger partial charge is 0.309 e. The van der Waals surface area contributed by atoms with E-state index in [0.717, 1.165) is 11.6 Å². The van der Waals surface area contributed by atoms with Crippen molar-refractivity contribution in [3.05, 3.63) is 34.3 Å². The lowest BCUT2D eigenvalue weighted by Crippen LogP contribution is -2.26. The normalized spacial score (nSPS) is 20.8. The summed E-state index contributed by atoms with van der Waals surface area (Å²) < 4.78 is 0. The van der Waals surface area contributed by atoms with Gasteiger partial charge in [-0.3, -0.25) is 0 Å². The van der Waals surface area contributed by atoms with Crippen LogP contribution in [0.15, 0.2) is 18.2 Å². The van der Waals surface area contributed by atoms with Gasteiger partial charge in [0.15, 0.2) is 0 Å². The van der Waals surface area contributed by atoms with Crippen LogP contribution in [0.5, 0.6) is 0 Å². The van der Waals surface area contributed by atoms with E-state index in [0.29, 0.717) is 11.3 Å². The van der Waals surface area contributed by atoms with Crippen molar-refractivity contribution < 1.29 is 0 Å². The van der Waals surface area contributed by atoms with Gasteiger partial charge in [0.1, 0.15) is 0 Å². The van der Waals surface area contributed by atoms with Gasteiger partial charge >= 0.3 is 0 Å². The summed E-state index contributed by atoms with van der Waals surface area (Å²) in [5, 5.41) is 5.16. The Bertz CT molecular complexity index is 367. The highest BCUT2D eigenvalue weighted by atomic mass is 35.5. The number of fused-ring (bicyclic) bond motifs is 1. The monoisotopic (exact) mass is 255 g/mol. The van der Waals surface area contributed by atoms with Crippen molar-refractivity contribution in [2.45, 2.75) is 31.1 Å². The van der Waals surface area contributed by atoms with E-state index in [1.807, 2.05) is 17.8 Å². The molecule has 0 amide bonds. The smallest absolute Gasteiger partial charge is 0.0409 e. The number of hydrogen-bond acceptors (Lipinski definition) is 2. The second-order valence-corrected chi connectivity index (χ2v) is 6.10. The molecule has 0 spiro atoms. The molecule has 0 heterocycles. The average molecular weight is 256 g/mol. The molecule has 0 radical (unpaired) electrons. The van der Waals surface area contributed by atoms with E-state index in [1.165, 1.54) is 24.0 Å². The van der Waals surface area contributed by atoms with Crippen molar-refractivity contribution in [2.75, 3.05) is 12.8 Å². The maximum atomic E-state index is 6.05. The van der Waals surface area contributed by atoms with Crippen molar-refractivity contribution in [1.29, 1.82) is 0 Å². The van der Waals surface area contributed by atoms with Gasteiger partial charge in [-0.1, -0.05) is 24.6 Å². The number of aryl methyl sites for hydroxylation is 1. The van der Waals surface area contributed by atoms with Crippen LogP contribution >= 0.6 is 23.4 Å². The molecule has 2 atom stereocenters. The molecule has 1 aliphatic rings. The molecule has 88 valence electrons. The molecular weight excluding hydrogens is 238 g/mol. The van der Waals surface area contributed by atoms with Gasteiger partial charge in [0.25, 0.3) is 0 Å². The van der Waals surface area contributed by atoms with Crippen molar-refractivity contribution in [3.8, 4) is 0 Å². The fraction of sp³-hybridized carbons (Fsp3) is 0.538. The number of thioether (sulfide) groups is 1. The molecule has 0 bridgehead atoms.